The number of methoxy groups -OCH3 is 1. The van der Waals surface area contributed by atoms with Crippen LogP contribution in [-0.2, 0) is 0 Å². The maximum Gasteiger partial charge on any atom is 0.192 e. The van der Waals surface area contributed by atoms with Crippen LogP contribution in [0.3, 0.4) is 0 Å². The van der Waals surface area contributed by atoms with Gasteiger partial charge in [-0.15, -0.1) is 0 Å². The van der Waals surface area contributed by atoms with E-state index in [-0.39, 0.29) is 5.95 Å². The smallest absolute Gasteiger partial charge is 0.192 e. The third-order valence-electron chi connectivity index (χ3n) is 1.80. The van der Waals surface area contributed by atoms with Crippen LogP contribution in [0.25, 0.3) is 10.9 Å². The lowest BCUT2D eigenvalue weighted by molar-refractivity contribution is 0.415. The maximum atomic E-state index is 12.7. The molecule has 0 fully saturated rings. The van der Waals surface area contributed by atoms with Crippen molar-refractivity contribution in [2.24, 2.45) is 0 Å². The van der Waals surface area contributed by atoms with Crippen LogP contribution in [-0.4, -0.2) is 12.1 Å². The van der Waals surface area contributed by atoms with Crippen LogP contribution in [0, 0.1) is 5.95 Å². The number of aromatic nitrogens is 1. The predicted octanol–water partition coefficient (Wildman–Crippen LogP) is 2.32. The lowest BCUT2D eigenvalue weighted by Gasteiger charge is -1.97. The van der Waals surface area contributed by atoms with Crippen molar-refractivity contribution < 1.29 is 9.13 Å². The van der Waals surface area contributed by atoms with E-state index in [9.17, 15) is 4.39 Å². The van der Waals surface area contributed by atoms with Gasteiger partial charge in [0.1, 0.15) is 5.75 Å². The molecule has 0 saturated heterocycles. The minimum absolute atomic E-state index is 0.321. The average molecular weight is 165 g/mol. The number of benzene rings is 1. The number of rotatable bonds is 1. The summed E-state index contributed by atoms with van der Waals surface area (Å²) in [5, 5.41) is 0.855. The minimum atomic E-state index is -0.321. The lowest BCUT2D eigenvalue weighted by Crippen LogP contribution is -1.80. The van der Waals surface area contributed by atoms with Crippen LogP contribution in [0.4, 0.5) is 4.39 Å². The van der Waals surface area contributed by atoms with Gasteiger partial charge >= 0.3 is 0 Å². The highest BCUT2D eigenvalue weighted by molar-refractivity contribution is 5.80. The van der Waals surface area contributed by atoms with Crippen LogP contribution in [0.2, 0.25) is 0 Å². The normalized spacial score (nSPS) is 10.5. The van der Waals surface area contributed by atoms with Crippen molar-refractivity contribution in [1.82, 2.24) is 4.98 Å². The molecule has 62 valence electrons. The first-order chi connectivity index (χ1) is 5.79. The van der Waals surface area contributed by atoms with Gasteiger partial charge in [0.15, 0.2) is 5.95 Å². The van der Waals surface area contributed by atoms with E-state index in [0.717, 1.165) is 16.7 Å². The second-order valence-corrected chi connectivity index (χ2v) is 2.57. The summed E-state index contributed by atoms with van der Waals surface area (Å²) in [6.45, 7) is 0. The molecule has 2 nitrogen and oxygen atoms in total. The van der Waals surface area contributed by atoms with Crippen molar-refractivity contribution in [2.45, 2.75) is 0 Å². The second kappa shape index (κ2) is 2.52. The Bertz CT molecular complexity index is 408. The molecule has 0 aliphatic carbocycles. The Morgan fingerprint density at radius 2 is 2.17 bits per heavy atom. The Morgan fingerprint density at radius 1 is 1.33 bits per heavy atom. The summed E-state index contributed by atoms with van der Waals surface area (Å²) in [7, 11) is 1.58. The Hall–Kier alpha value is -1.51. The summed E-state index contributed by atoms with van der Waals surface area (Å²) in [5.74, 6) is 0.405. The van der Waals surface area contributed by atoms with Gasteiger partial charge in [0.2, 0.25) is 0 Å². The zero-order valence-electron chi connectivity index (χ0n) is 6.60. The van der Waals surface area contributed by atoms with Gasteiger partial charge < -0.3 is 9.72 Å². The predicted molar refractivity (Wildman–Crippen MR) is 44.8 cm³/mol. The number of ether oxygens (including phenoxy) is 1. The first kappa shape index (κ1) is 7.16. The highest BCUT2D eigenvalue weighted by Gasteiger charge is 1.99. The molecule has 12 heavy (non-hydrogen) atoms. The largest absolute Gasteiger partial charge is 0.497 e. The molecule has 0 saturated carbocycles. The van der Waals surface area contributed by atoms with E-state index in [4.69, 9.17) is 4.74 Å². The Kier molecular flexibility index (Phi) is 1.50. The molecule has 1 aromatic carbocycles. The van der Waals surface area contributed by atoms with Gasteiger partial charge in [0, 0.05) is 17.5 Å². The quantitative estimate of drug-likeness (QED) is 0.689. The number of aromatic amines is 1. The van der Waals surface area contributed by atoms with E-state index in [0.29, 0.717) is 0 Å². The summed E-state index contributed by atoms with van der Waals surface area (Å²) in [6.07, 6.45) is 0. The molecule has 1 N–H and O–H groups in total. The van der Waals surface area contributed by atoms with Crippen molar-refractivity contribution in [3.05, 3.63) is 30.2 Å². The molecule has 2 rings (SSSR count). The fraction of sp³-hybridized carbons (Fsp3) is 0.111. The molecule has 0 bridgehead atoms. The van der Waals surface area contributed by atoms with E-state index in [1.165, 1.54) is 6.07 Å². The maximum absolute atomic E-state index is 12.7. The van der Waals surface area contributed by atoms with E-state index in [2.05, 4.69) is 4.98 Å². The van der Waals surface area contributed by atoms with Crippen molar-refractivity contribution in [1.29, 1.82) is 0 Å². The van der Waals surface area contributed by atoms with Crippen molar-refractivity contribution in [3.8, 4) is 5.75 Å². The van der Waals surface area contributed by atoms with Crippen LogP contribution in [0.1, 0.15) is 0 Å². The molecule has 3 heteroatoms. The molecule has 0 atom stereocenters. The number of halogens is 1. The molecular weight excluding hydrogens is 157 g/mol. The van der Waals surface area contributed by atoms with E-state index in [1.54, 1.807) is 19.2 Å². The molecule has 2 aromatic rings. The van der Waals surface area contributed by atoms with Crippen LogP contribution < -0.4 is 4.74 Å². The van der Waals surface area contributed by atoms with Crippen molar-refractivity contribution in [2.75, 3.05) is 7.11 Å². The van der Waals surface area contributed by atoms with Gasteiger partial charge in [-0.1, -0.05) is 0 Å². The first-order valence-electron chi connectivity index (χ1n) is 3.62. The minimum Gasteiger partial charge on any atom is -0.497 e. The highest BCUT2D eigenvalue weighted by Crippen LogP contribution is 2.20. The summed E-state index contributed by atoms with van der Waals surface area (Å²) in [6, 6.07) is 6.83. The average Bonchev–Trinajstić information content (AvgIpc) is 2.43. The topological polar surface area (TPSA) is 25.0 Å². The lowest BCUT2D eigenvalue weighted by atomic mass is 10.2. The Balaban J connectivity index is 2.66. The Morgan fingerprint density at radius 3 is 2.92 bits per heavy atom. The SMILES string of the molecule is COc1ccc2cc(F)[nH]c2c1. The highest BCUT2D eigenvalue weighted by atomic mass is 19.1. The molecule has 1 aromatic heterocycles. The summed E-state index contributed by atoms with van der Waals surface area (Å²) in [5.41, 5.74) is 0.756. The van der Waals surface area contributed by atoms with Crippen molar-refractivity contribution in [3.63, 3.8) is 0 Å². The van der Waals surface area contributed by atoms with Crippen LogP contribution in [0.5, 0.6) is 5.75 Å². The first-order valence-corrected chi connectivity index (χ1v) is 3.62. The van der Waals surface area contributed by atoms with Gasteiger partial charge in [-0.2, -0.15) is 4.39 Å². The molecule has 0 radical (unpaired) electrons. The number of H-pyrrole nitrogens is 1. The number of hydrogen-bond acceptors (Lipinski definition) is 1. The fourth-order valence-electron chi connectivity index (χ4n) is 1.20. The van der Waals surface area contributed by atoms with Crippen molar-refractivity contribution >= 4 is 10.9 Å². The van der Waals surface area contributed by atoms with E-state index >= 15 is 0 Å². The zero-order chi connectivity index (χ0) is 8.55. The molecule has 0 aliphatic rings. The molecular formula is C9H8FNO. The van der Waals surface area contributed by atoms with Gasteiger partial charge in [0.05, 0.1) is 12.6 Å². The number of nitrogens with one attached hydrogen (secondary N) is 1. The van der Waals surface area contributed by atoms with Gasteiger partial charge in [-0.3, -0.25) is 0 Å². The summed E-state index contributed by atoms with van der Waals surface area (Å²) >= 11 is 0. The molecule has 0 aliphatic heterocycles. The van der Waals surface area contributed by atoms with Gasteiger partial charge in [0.25, 0.3) is 0 Å². The van der Waals surface area contributed by atoms with Crippen LogP contribution >= 0.6 is 0 Å². The molecule has 1 heterocycles. The summed E-state index contributed by atoms with van der Waals surface area (Å²) < 4.78 is 17.7. The number of hydrogen-bond donors (Lipinski definition) is 1. The zero-order valence-corrected chi connectivity index (χ0v) is 6.60. The molecule has 0 amide bonds. The third kappa shape index (κ3) is 1.03. The second-order valence-electron chi connectivity index (χ2n) is 2.57. The number of fused-ring (bicyclic) bond motifs is 1. The van der Waals surface area contributed by atoms with E-state index < -0.39 is 0 Å². The van der Waals surface area contributed by atoms with Gasteiger partial charge in [-0.05, 0) is 12.1 Å². The monoisotopic (exact) mass is 165 g/mol. The standard InChI is InChI=1S/C9H8FNO/c1-12-7-3-2-6-4-9(10)11-8(6)5-7/h2-5,11H,1H3. The fourth-order valence-corrected chi connectivity index (χ4v) is 1.20. The van der Waals surface area contributed by atoms with Gasteiger partial charge in [-0.25, -0.2) is 0 Å². The molecule has 0 unspecified atom stereocenters. The summed E-state index contributed by atoms with van der Waals surface area (Å²) in [4.78, 5) is 2.59. The third-order valence-corrected chi connectivity index (χ3v) is 1.80. The van der Waals surface area contributed by atoms with E-state index in [1.807, 2.05) is 6.07 Å². The Labute approximate surface area is 69.0 Å². The van der Waals surface area contributed by atoms with Crippen LogP contribution in [0.15, 0.2) is 24.3 Å². The molecule has 0 spiro atoms.